The Balaban J connectivity index is 1.92. The van der Waals surface area contributed by atoms with E-state index in [1.165, 1.54) is 0 Å². The molecule has 0 aliphatic rings. The maximum absolute atomic E-state index is 11.3. The SMILES string of the molecule is CCC(=O)Nc1ccc(NCc2ccnc(C)n2)cc1. The summed E-state index contributed by atoms with van der Waals surface area (Å²) in [4.78, 5) is 19.7. The average Bonchev–Trinajstić information content (AvgIpc) is 2.46. The summed E-state index contributed by atoms with van der Waals surface area (Å²) in [5.41, 5.74) is 2.73. The molecule has 5 heteroatoms. The van der Waals surface area contributed by atoms with E-state index >= 15 is 0 Å². The van der Waals surface area contributed by atoms with E-state index < -0.39 is 0 Å². The lowest BCUT2D eigenvalue weighted by atomic mass is 10.2. The molecule has 2 rings (SSSR count). The average molecular weight is 270 g/mol. The van der Waals surface area contributed by atoms with Gasteiger partial charge in [-0.2, -0.15) is 0 Å². The molecule has 1 amide bonds. The molecule has 5 nitrogen and oxygen atoms in total. The molecule has 1 aromatic carbocycles. The number of nitrogens with zero attached hydrogens (tertiary/aromatic N) is 2. The third kappa shape index (κ3) is 4.05. The van der Waals surface area contributed by atoms with Crippen LogP contribution < -0.4 is 10.6 Å². The maximum Gasteiger partial charge on any atom is 0.224 e. The van der Waals surface area contributed by atoms with Gasteiger partial charge in [-0.3, -0.25) is 4.79 Å². The number of aryl methyl sites for hydroxylation is 1. The summed E-state index contributed by atoms with van der Waals surface area (Å²) in [6, 6.07) is 9.50. The Morgan fingerprint density at radius 3 is 2.50 bits per heavy atom. The lowest BCUT2D eigenvalue weighted by molar-refractivity contribution is -0.115. The van der Waals surface area contributed by atoms with Crippen molar-refractivity contribution in [1.29, 1.82) is 0 Å². The van der Waals surface area contributed by atoms with E-state index in [2.05, 4.69) is 20.6 Å². The molecule has 0 fully saturated rings. The van der Waals surface area contributed by atoms with Crippen molar-refractivity contribution in [3.05, 3.63) is 48.0 Å². The van der Waals surface area contributed by atoms with Crippen LogP contribution in [0.3, 0.4) is 0 Å². The van der Waals surface area contributed by atoms with E-state index in [-0.39, 0.29) is 5.91 Å². The molecule has 2 aromatic rings. The topological polar surface area (TPSA) is 66.9 Å². The van der Waals surface area contributed by atoms with E-state index in [0.29, 0.717) is 13.0 Å². The molecule has 0 atom stereocenters. The highest BCUT2D eigenvalue weighted by atomic mass is 16.1. The molecule has 2 N–H and O–H groups in total. The highest BCUT2D eigenvalue weighted by Gasteiger charge is 2.00. The maximum atomic E-state index is 11.3. The van der Waals surface area contributed by atoms with Crippen LogP contribution in [0.2, 0.25) is 0 Å². The van der Waals surface area contributed by atoms with Gasteiger partial charge in [0.05, 0.1) is 12.2 Å². The van der Waals surface area contributed by atoms with Crippen LogP contribution in [-0.4, -0.2) is 15.9 Å². The molecular formula is C15H18N4O. The van der Waals surface area contributed by atoms with E-state index in [0.717, 1.165) is 22.9 Å². The summed E-state index contributed by atoms with van der Waals surface area (Å²) in [7, 11) is 0. The quantitative estimate of drug-likeness (QED) is 0.876. The van der Waals surface area contributed by atoms with E-state index in [1.54, 1.807) is 6.20 Å². The lowest BCUT2D eigenvalue weighted by Crippen LogP contribution is -2.09. The summed E-state index contributed by atoms with van der Waals surface area (Å²) in [5, 5.41) is 6.09. The highest BCUT2D eigenvalue weighted by molar-refractivity contribution is 5.90. The molecular weight excluding hydrogens is 252 g/mol. The number of carbonyl (C=O) groups is 1. The summed E-state index contributed by atoms with van der Waals surface area (Å²) in [6.45, 7) is 4.34. The molecule has 104 valence electrons. The van der Waals surface area contributed by atoms with Crippen LogP contribution in [-0.2, 0) is 11.3 Å². The van der Waals surface area contributed by atoms with Gasteiger partial charge < -0.3 is 10.6 Å². The zero-order chi connectivity index (χ0) is 14.4. The number of nitrogens with one attached hydrogen (secondary N) is 2. The third-order valence-corrected chi connectivity index (χ3v) is 2.80. The summed E-state index contributed by atoms with van der Waals surface area (Å²) < 4.78 is 0. The van der Waals surface area contributed by atoms with Crippen molar-refractivity contribution in [3.8, 4) is 0 Å². The van der Waals surface area contributed by atoms with Crippen LogP contribution in [0.5, 0.6) is 0 Å². The number of aromatic nitrogens is 2. The third-order valence-electron chi connectivity index (χ3n) is 2.80. The predicted octanol–water partition coefficient (Wildman–Crippen LogP) is 2.75. The smallest absolute Gasteiger partial charge is 0.224 e. The minimum Gasteiger partial charge on any atom is -0.379 e. The van der Waals surface area contributed by atoms with Crippen LogP contribution in [0.1, 0.15) is 24.9 Å². The molecule has 0 aliphatic heterocycles. The normalized spacial score (nSPS) is 10.1. The molecule has 1 aromatic heterocycles. The van der Waals surface area contributed by atoms with Gasteiger partial charge in [0, 0.05) is 24.0 Å². The Kier molecular flexibility index (Phi) is 4.65. The molecule has 0 bridgehead atoms. The summed E-state index contributed by atoms with van der Waals surface area (Å²) >= 11 is 0. The van der Waals surface area contributed by atoms with Gasteiger partial charge in [-0.05, 0) is 37.3 Å². The number of benzene rings is 1. The monoisotopic (exact) mass is 270 g/mol. The molecule has 0 saturated carbocycles. The molecule has 0 saturated heterocycles. The van der Waals surface area contributed by atoms with E-state index in [4.69, 9.17) is 0 Å². The van der Waals surface area contributed by atoms with Gasteiger partial charge in [0.15, 0.2) is 0 Å². The fourth-order valence-electron chi connectivity index (χ4n) is 1.72. The number of hydrogen-bond donors (Lipinski definition) is 2. The van der Waals surface area contributed by atoms with Gasteiger partial charge >= 0.3 is 0 Å². The van der Waals surface area contributed by atoms with Gasteiger partial charge in [-0.15, -0.1) is 0 Å². The Morgan fingerprint density at radius 1 is 1.15 bits per heavy atom. The number of rotatable bonds is 5. The summed E-state index contributed by atoms with van der Waals surface area (Å²) in [6.07, 6.45) is 2.23. The van der Waals surface area contributed by atoms with Crippen molar-refractivity contribution < 1.29 is 4.79 Å². The molecule has 1 heterocycles. The lowest BCUT2D eigenvalue weighted by Gasteiger charge is -2.08. The Hall–Kier alpha value is -2.43. The second kappa shape index (κ2) is 6.65. The number of hydrogen-bond acceptors (Lipinski definition) is 4. The molecule has 0 spiro atoms. The van der Waals surface area contributed by atoms with Crippen molar-refractivity contribution in [1.82, 2.24) is 9.97 Å². The number of amides is 1. The van der Waals surface area contributed by atoms with Crippen LogP contribution >= 0.6 is 0 Å². The largest absolute Gasteiger partial charge is 0.379 e. The zero-order valence-electron chi connectivity index (χ0n) is 11.7. The number of carbonyl (C=O) groups excluding carboxylic acids is 1. The first-order chi connectivity index (χ1) is 9.67. The van der Waals surface area contributed by atoms with Crippen LogP contribution in [0, 0.1) is 6.92 Å². The predicted molar refractivity (Wildman–Crippen MR) is 79.5 cm³/mol. The highest BCUT2D eigenvalue weighted by Crippen LogP contribution is 2.14. The van der Waals surface area contributed by atoms with Gasteiger partial charge in [-0.1, -0.05) is 6.92 Å². The van der Waals surface area contributed by atoms with Gasteiger partial charge in [0.1, 0.15) is 5.82 Å². The van der Waals surface area contributed by atoms with Crippen molar-refractivity contribution in [2.45, 2.75) is 26.8 Å². The van der Waals surface area contributed by atoms with Gasteiger partial charge in [-0.25, -0.2) is 9.97 Å². The van der Waals surface area contributed by atoms with Crippen LogP contribution in [0.15, 0.2) is 36.5 Å². The van der Waals surface area contributed by atoms with Gasteiger partial charge in [0.25, 0.3) is 0 Å². The Bertz CT molecular complexity index is 581. The van der Waals surface area contributed by atoms with Crippen molar-refractivity contribution >= 4 is 17.3 Å². The van der Waals surface area contributed by atoms with Crippen molar-refractivity contribution in [2.24, 2.45) is 0 Å². The first kappa shape index (κ1) is 14.0. The van der Waals surface area contributed by atoms with E-state index in [9.17, 15) is 4.79 Å². The van der Waals surface area contributed by atoms with E-state index in [1.807, 2.05) is 44.2 Å². The van der Waals surface area contributed by atoms with Crippen LogP contribution in [0.4, 0.5) is 11.4 Å². The minimum absolute atomic E-state index is 0.0159. The molecule has 0 unspecified atom stereocenters. The first-order valence-corrected chi connectivity index (χ1v) is 6.59. The number of anilines is 2. The van der Waals surface area contributed by atoms with Crippen molar-refractivity contribution in [3.63, 3.8) is 0 Å². The van der Waals surface area contributed by atoms with Crippen molar-refractivity contribution in [2.75, 3.05) is 10.6 Å². The fourth-order valence-corrected chi connectivity index (χ4v) is 1.72. The second-order valence-electron chi connectivity index (χ2n) is 4.43. The molecule has 0 aliphatic carbocycles. The zero-order valence-corrected chi connectivity index (χ0v) is 11.7. The first-order valence-electron chi connectivity index (χ1n) is 6.59. The Labute approximate surface area is 118 Å². The second-order valence-corrected chi connectivity index (χ2v) is 4.43. The summed E-state index contributed by atoms with van der Waals surface area (Å²) in [5.74, 6) is 0.782. The standard InChI is InChI=1S/C15H18N4O/c1-3-15(20)19-13-6-4-12(5-7-13)17-10-14-8-9-16-11(2)18-14/h4-9,17H,3,10H2,1-2H3,(H,19,20). The van der Waals surface area contributed by atoms with Gasteiger partial charge in [0.2, 0.25) is 5.91 Å². The minimum atomic E-state index is 0.0159. The molecule has 0 radical (unpaired) electrons. The van der Waals surface area contributed by atoms with Crippen LogP contribution in [0.25, 0.3) is 0 Å². The molecule has 20 heavy (non-hydrogen) atoms. The Morgan fingerprint density at radius 2 is 1.85 bits per heavy atom. The fraction of sp³-hybridized carbons (Fsp3) is 0.267.